The lowest BCUT2D eigenvalue weighted by Gasteiger charge is -2.16. The van der Waals surface area contributed by atoms with Crippen molar-refractivity contribution in [3.8, 4) is 5.75 Å². The summed E-state index contributed by atoms with van der Waals surface area (Å²) in [5.74, 6) is -2.25. The highest BCUT2D eigenvalue weighted by atomic mass is 79.9. The van der Waals surface area contributed by atoms with E-state index in [1.54, 1.807) is 19.1 Å². The summed E-state index contributed by atoms with van der Waals surface area (Å²) in [6.07, 6.45) is -0.817. The molecule has 1 aromatic rings. The molecule has 5 nitrogen and oxygen atoms in total. The number of ether oxygens (including phenoxy) is 1. The lowest BCUT2D eigenvalue weighted by molar-refractivity contribution is -0.145. The average molecular weight is 303 g/mol. The van der Waals surface area contributed by atoms with Crippen LogP contribution in [0.3, 0.4) is 0 Å². The topological polar surface area (TPSA) is 83.8 Å². The molecule has 0 aliphatic rings. The molecular weight excluding hydrogens is 292 g/mol. The fourth-order valence-corrected chi connectivity index (χ4v) is 1.71. The van der Waals surface area contributed by atoms with E-state index in [0.29, 0.717) is 4.47 Å². The van der Waals surface area contributed by atoms with Gasteiger partial charge in [0, 0.05) is 0 Å². The molecule has 1 rings (SSSR count). The van der Waals surface area contributed by atoms with Crippen LogP contribution in [0.4, 0.5) is 0 Å². The van der Waals surface area contributed by atoms with Crippen molar-refractivity contribution in [1.29, 1.82) is 0 Å². The Kier molecular flexibility index (Phi) is 4.51. The summed E-state index contributed by atoms with van der Waals surface area (Å²) in [5.41, 5.74) is -0.0703. The normalized spacial score (nSPS) is 11.9. The Morgan fingerprint density at radius 1 is 1.41 bits per heavy atom. The van der Waals surface area contributed by atoms with Crippen molar-refractivity contribution >= 4 is 27.9 Å². The van der Waals surface area contributed by atoms with Gasteiger partial charge >= 0.3 is 11.9 Å². The molecule has 0 spiro atoms. The summed E-state index contributed by atoms with van der Waals surface area (Å²) in [7, 11) is 0. The number of aromatic carboxylic acids is 1. The molecule has 0 amide bonds. The SMILES string of the molecule is CCC(Oc1c(Br)cccc1C(=O)O)C(=O)O. The molecule has 0 aliphatic carbocycles. The maximum Gasteiger partial charge on any atom is 0.344 e. The summed E-state index contributed by atoms with van der Waals surface area (Å²) in [6, 6.07) is 4.50. The van der Waals surface area contributed by atoms with Gasteiger partial charge in [-0.1, -0.05) is 13.0 Å². The number of hydrogen-bond donors (Lipinski definition) is 2. The second-order valence-electron chi connectivity index (χ2n) is 3.27. The number of benzene rings is 1. The highest BCUT2D eigenvalue weighted by Gasteiger charge is 2.22. The summed E-state index contributed by atoms with van der Waals surface area (Å²) in [6.45, 7) is 1.65. The Morgan fingerprint density at radius 2 is 2.06 bits per heavy atom. The largest absolute Gasteiger partial charge is 0.479 e. The molecule has 0 fully saturated rings. The molecule has 0 heterocycles. The highest BCUT2D eigenvalue weighted by Crippen LogP contribution is 2.30. The van der Waals surface area contributed by atoms with E-state index < -0.39 is 18.0 Å². The Morgan fingerprint density at radius 3 is 2.53 bits per heavy atom. The molecule has 6 heteroatoms. The molecule has 0 aromatic heterocycles. The molecule has 1 atom stereocenters. The van der Waals surface area contributed by atoms with E-state index in [1.807, 2.05) is 0 Å². The van der Waals surface area contributed by atoms with Crippen LogP contribution in [0.2, 0.25) is 0 Å². The Balaban J connectivity index is 3.12. The van der Waals surface area contributed by atoms with E-state index in [0.717, 1.165) is 0 Å². The minimum atomic E-state index is -1.17. The lowest BCUT2D eigenvalue weighted by Crippen LogP contribution is -2.26. The molecule has 2 N–H and O–H groups in total. The van der Waals surface area contributed by atoms with Gasteiger partial charge in [0.1, 0.15) is 11.3 Å². The van der Waals surface area contributed by atoms with Crippen LogP contribution in [0, 0.1) is 0 Å². The van der Waals surface area contributed by atoms with Gasteiger partial charge in [0.2, 0.25) is 0 Å². The highest BCUT2D eigenvalue weighted by molar-refractivity contribution is 9.10. The predicted octanol–water partition coefficient (Wildman–Crippen LogP) is 2.39. The van der Waals surface area contributed by atoms with Crippen molar-refractivity contribution < 1.29 is 24.5 Å². The van der Waals surface area contributed by atoms with Crippen LogP contribution < -0.4 is 4.74 Å². The second kappa shape index (κ2) is 5.67. The average Bonchev–Trinajstić information content (AvgIpc) is 2.26. The van der Waals surface area contributed by atoms with Crippen molar-refractivity contribution in [3.05, 3.63) is 28.2 Å². The molecule has 1 unspecified atom stereocenters. The summed E-state index contributed by atoms with van der Waals surface area (Å²) in [4.78, 5) is 21.8. The molecule has 0 saturated carbocycles. The Labute approximate surface area is 106 Å². The van der Waals surface area contributed by atoms with E-state index in [1.165, 1.54) is 6.07 Å². The number of carboxylic acids is 2. The van der Waals surface area contributed by atoms with E-state index in [9.17, 15) is 9.59 Å². The zero-order chi connectivity index (χ0) is 13.0. The number of rotatable bonds is 5. The van der Waals surface area contributed by atoms with E-state index in [2.05, 4.69) is 15.9 Å². The van der Waals surface area contributed by atoms with E-state index >= 15 is 0 Å². The van der Waals surface area contributed by atoms with Crippen molar-refractivity contribution in [3.63, 3.8) is 0 Å². The van der Waals surface area contributed by atoms with Gasteiger partial charge in [0.25, 0.3) is 0 Å². The first-order valence-electron chi connectivity index (χ1n) is 4.88. The summed E-state index contributed by atoms with van der Waals surface area (Å²) < 4.78 is 5.64. The number of para-hydroxylation sites is 1. The number of halogens is 1. The van der Waals surface area contributed by atoms with Crippen molar-refractivity contribution in [2.45, 2.75) is 19.4 Å². The summed E-state index contributed by atoms with van der Waals surface area (Å²) >= 11 is 3.14. The van der Waals surface area contributed by atoms with Crippen molar-refractivity contribution in [1.82, 2.24) is 0 Å². The van der Waals surface area contributed by atoms with Crippen LogP contribution in [-0.4, -0.2) is 28.3 Å². The molecule has 0 radical (unpaired) electrons. The third-order valence-electron chi connectivity index (χ3n) is 2.10. The van der Waals surface area contributed by atoms with Crippen LogP contribution in [0.1, 0.15) is 23.7 Å². The molecule has 0 aliphatic heterocycles. The smallest absolute Gasteiger partial charge is 0.344 e. The van der Waals surface area contributed by atoms with Crippen LogP contribution in [-0.2, 0) is 4.79 Å². The molecule has 17 heavy (non-hydrogen) atoms. The van der Waals surface area contributed by atoms with Gasteiger partial charge in [-0.15, -0.1) is 0 Å². The standard InChI is InChI=1S/C11H11BrO5/c1-2-8(11(15)16)17-9-6(10(13)14)4-3-5-7(9)12/h3-5,8H,2H2,1H3,(H,13,14)(H,15,16). The van der Waals surface area contributed by atoms with Gasteiger partial charge in [-0.05, 0) is 34.5 Å². The van der Waals surface area contributed by atoms with Crippen molar-refractivity contribution in [2.75, 3.05) is 0 Å². The number of carboxylic acid groups (broad SMARTS) is 2. The van der Waals surface area contributed by atoms with Crippen molar-refractivity contribution in [2.24, 2.45) is 0 Å². The molecular formula is C11H11BrO5. The lowest BCUT2D eigenvalue weighted by atomic mass is 10.2. The maximum atomic E-state index is 11.0. The fourth-order valence-electron chi connectivity index (χ4n) is 1.25. The van der Waals surface area contributed by atoms with Gasteiger partial charge in [-0.2, -0.15) is 0 Å². The zero-order valence-corrected chi connectivity index (χ0v) is 10.6. The zero-order valence-electron chi connectivity index (χ0n) is 9.01. The minimum Gasteiger partial charge on any atom is -0.479 e. The van der Waals surface area contributed by atoms with E-state index in [-0.39, 0.29) is 17.7 Å². The molecule has 0 bridgehead atoms. The number of hydrogen-bond acceptors (Lipinski definition) is 3. The monoisotopic (exact) mass is 302 g/mol. The van der Waals surface area contributed by atoms with Crippen LogP contribution in [0.25, 0.3) is 0 Å². The van der Waals surface area contributed by atoms with Gasteiger partial charge in [0.15, 0.2) is 6.10 Å². The maximum absolute atomic E-state index is 11.0. The predicted molar refractivity (Wildman–Crippen MR) is 63.4 cm³/mol. The third-order valence-corrected chi connectivity index (χ3v) is 2.73. The first-order chi connectivity index (χ1) is 7.97. The fraction of sp³-hybridized carbons (Fsp3) is 0.273. The first kappa shape index (κ1) is 13.5. The number of aliphatic carboxylic acids is 1. The third kappa shape index (κ3) is 3.20. The van der Waals surface area contributed by atoms with Crippen LogP contribution in [0.5, 0.6) is 5.75 Å². The van der Waals surface area contributed by atoms with Crippen LogP contribution in [0.15, 0.2) is 22.7 Å². The molecule has 0 saturated heterocycles. The van der Waals surface area contributed by atoms with Crippen LogP contribution >= 0.6 is 15.9 Å². The van der Waals surface area contributed by atoms with Gasteiger partial charge in [-0.25, -0.2) is 9.59 Å². The van der Waals surface area contributed by atoms with Gasteiger partial charge in [0.05, 0.1) is 4.47 Å². The van der Waals surface area contributed by atoms with E-state index in [4.69, 9.17) is 14.9 Å². The molecule has 92 valence electrons. The quantitative estimate of drug-likeness (QED) is 0.872. The number of carbonyl (C=O) groups is 2. The Bertz CT molecular complexity index is 443. The minimum absolute atomic E-state index is 0.0363. The first-order valence-corrected chi connectivity index (χ1v) is 5.68. The second-order valence-corrected chi connectivity index (χ2v) is 4.13. The summed E-state index contributed by atoms with van der Waals surface area (Å²) in [5, 5.41) is 17.8. The Hall–Kier alpha value is -1.56. The molecule has 1 aromatic carbocycles. The van der Waals surface area contributed by atoms with Gasteiger partial charge in [-0.3, -0.25) is 0 Å². The van der Waals surface area contributed by atoms with Gasteiger partial charge < -0.3 is 14.9 Å².